The van der Waals surface area contributed by atoms with Gasteiger partial charge in [-0.15, -0.1) is 11.5 Å². The van der Waals surface area contributed by atoms with E-state index in [-0.39, 0.29) is 172 Å². The smallest absolute Gasteiger partial charge is 0.872 e. The summed E-state index contributed by atoms with van der Waals surface area (Å²) in [7, 11) is 0. The number of carboxylic acids is 2. The van der Waals surface area contributed by atoms with Crippen LogP contribution in [-0.2, 0) is 104 Å². The molecule has 0 aliphatic heterocycles. The number of carbonyl (C=O) groups is 2. The third kappa shape index (κ3) is 61.9. The average molecular weight is 1060 g/mol. The van der Waals surface area contributed by atoms with Gasteiger partial charge < -0.3 is 139 Å². The second-order valence-electron chi connectivity index (χ2n) is 7.04. The summed E-state index contributed by atoms with van der Waals surface area (Å²) >= 11 is 0. The quantitative estimate of drug-likeness (QED) is 0.0950. The van der Waals surface area contributed by atoms with E-state index >= 15 is 0 Å². The van der Waals surface area contributed by atoms with E-state index in [1.807, 2.05) is 0 Å². The summed E-state index contributed by atoms with van der Waals surface area (Å²) in [4.78, 5) is 34.5. The van der Waals surface area contributed by atoms with Gasteiger partial charge in [0.2, 0.25) is 0 Å². The van der Waals surface area contributed by atoms with Crippen LogP contribution >= 0.6 is 0 Å². The molecule has 0 bridgehead atoms. The van der Waals surface area contributed by atoms with Crippen LogP contribution in [0.3, 0.4) is 0 Å². The van der Waals surface area contributed by atoms with E-state index in [2.05, 4.69) is 20.0 Å². The molecule has 57 heavy (non-hydrogen) atoms. The number of aliphatic carboxylic acids is 2. The summed E-state index contributed by atoms with van der Waals surface area (Å²) in [6.07, 6.45) is 2.55. The van der Waals surface area contributed by atoms with Gasteiger partial charge in [-0.1, -0.05) is 48.5 Å². The van der Waals surface area contributed by atoms with Gasteiger partial charge >= 0.3 is 61.4 Å². The first-order chi connectivity index (χ1) is 17.0. The van der Waals surface area contributed by atoms with E-state index in [1.165, 1.54) is 38.4 Å². The molecule has 2 aromatic rings. The van der Waals surface area contributed by atoms with Crippen LogP contribution in [0.2, 0.25) is 0 Å². The van der Waals surface area contributed by atoms with Gasteiger partial charge in [0.15, 0.2) is 0 Å². The second kappa shape index (κ2) is 77.1. The summed E-state index contributed by atoms with van der Waals surface area (Å²) in [5, 5.41) is 65.5. The molecule has 0 amide bonds. The van der Waals surface area contributed by atoms with E-state index in [0.717, 1.165) is 0 Å². The first-order valence-corrected chi connectivity index (χ1v) is 10.4. The molecule has 2 rings (SSSR count). The summed E-state index contributed by atoms with van der Waals surface area (Å²) < 4.78 is 0. The average Bonchev–Trinajstić information content (AvgIpc) is 2.84. The first kappa shape index (κ1) is 140. The maximum absolute atomic E-state index is 11.3. The Morgan fingerprint density at radius 1 is 0.509 bits per heavy atom. The van der Waals surface area contributed by atoms with Gasteiger partial charge in [-0.25, -0.2) is 0 Å². The maximum Gasteiger partial charge on any atom is 2.00 e. The number of carbonyl (C=O) groups excluding carboxylic acids is 2. The van der Waals surface area contributed by atoms with Crippen molar-refractivity contribution in [2.75, 3.05) is 13.1 Å². The molecule has 0 saturated heterocycles. The van der Waals surface area contributed by atoms with Crippen LogP contribution in [0.4, 0.5) is 0 Å². The summed E-state index contributed by atoms with van der Waals surface area (Å²) in [5.41, 5.74) is 0.717. The third-order valence-corrected chi connectivity index (χ3v) is 4.16. The molecule has 30 nitrogen and oxygen atoms in total. The van der Waals surface area contributed by atoms with Crippen molar-refractivity contribution < 1.29 is 200 Å². The molecule has 0 fully saturated rings. The summed E-state index contributed by atoms with van der Waals surface area (Å²) in [5.74, 6) is -4.59. The molecule has 42 N–H and O–H groups in total. The van der Waals surface area contributed by atoms with Crippen molar-refractivity contribution in [1.82, 2.24) is 0 Å². The van der Waals surface area contributed by atoms with E-state index in [1.54, 1.807) is 36.4 Å². The van der Waals surface area contributed by atoms with Crippen LogP contribution in [0.25, 0.3) is 0 Å². The molecule has 0 saturated carbocycles. The molecule has 0 spiro atoms. The number of hydrogen-bond acceptors (Lipinski definition) is 12. The number of hydrogen-bond donors (Lipinski definition) is 0. The van der Waals surface area contributed by atoms with Crippen molar-refractivity contribution in [3.05, 3.63) is 59.7 Å². The molecule has 0 aromatic heterocycles. The largest absolute Gasteiger partial charge is 2.00 e. The molecule has 0 heterocycles. The molecule has 0 aliphatic rings. The Balaban J connectivity index is -0.0000000175. The van der Waals surface area contributed by atoms with Crippen LogP contribution in [0.1, 0.15) is 25.0 Å². The summed E-state index contributed by atoms with van der Waals surface area (Å²) in [6.45, 7) is 1.56. The Morgan fingerprint density at radius 2 is 0.719 bits per heavy atom. The van der Waals surface area contributed by atoms with E-state index < -0.39 is 48.9 Å². The van der Waals surface area contributed by atoms with Crippen LogP contribution in [0, 0.1) is 0 Å². The Bertz CT molecular complexity index is 1100. The van der Waals surface area contributed by atoms with Crippen molar-refractivity contribution in [3.63, 3.8) is 0 Å². The van der Waals surface area contributed by atoms with E-state index in [4.69, 9.17) is 0 Å². The van der Waals surface area contributed by atoms with Crippen LogP contribution < -0.4 is 30.6 Å². The van der Waals surface area contributed by atoms with Crippen molar-refractivity contribution in [1.29, 1.82) is 0 Å². The molecule has 33 heteroatoms. The maximum atomic E-state index is 11.3. The van der Waals surface area contributed by atoms with Crippen molar-refractivity contribution in [2.24, 2.45) is 20.0 Å². The number of para-hydroxylation sites is 2. The molecule has 2 atom stereocenters. The van der Waals surface area contributed by atoms with E-state index in [0.29, 0.717) is 11.1 Å². The van der Waals surface area contributed by atoms with Gasteiger partial charge in [0.25, 0.3) is 0 Å². The zero-order valence-electron chi connectivity index (χ0n) is 30.2. The van der Waals surface area contributed by atoms with Gasteiger partial charge in [0, 0.05) is 12.4 Å². The molecule has 2 aromatic carbocycles. The fourth-order valence-electron chi connectivity index (χ4n) is 2.24. The number of nitrogens with zero attached hydrogens (tertiary/aromatic N) is 4. The molecule has 354 valence electrons. The van der Waals surface area contributed by atoms with Crippen LogP contribution in [0.15, 0.2) is 68.5 Å². The Kier molecular flexibility index (Phi) is 189. The molecule has 0 unspecified atom stereocenters. The SMILES string of the molecule is C[C@@H](N=Cc1ccccc1[O-])C([O-])=NCC(=O)[O-].C[C@H](N=Cc1ccccc1[O-])C([O-])=NCC(=O)[O-].O.O.O.O.O.O.O.O.O.O.O.O.[Cd+2].[Cu+2].[Cu+2].[OH3+].[OH3+].[OH3+].[OH3+].[OH3+].[OH3+]. The van der Waals surface area contributed by atoms with Gasteiger partial charge in [0.05, 0.1) is 37.1 Å². The number of carboxylic acid groups (broad SMARTS) is 2. The van der Waals surface area contributed by atoms with Gasteiger partial charge in [-0.3, -0.25) is 20.0 Å². The Morgan fingerprint density at radius 3 is 0.912 bits per heavy atom. The topological polar surface area (TPSA) is 798 Å². The van der Waals surface area contributed by atoms with Gasteiger partial charge in [0.1, 0.15) is 0 Å². The first-order valence-electron chi connectivity index (χ1n) is 10.4. The Labute approximate surface area is 365 Å². The number of benzene rings is 2. The number of aliphatic imine (C=N–C) groups is 4. The van der Waals surface area contributed by atoms with Crippen molar-refractivity contribution >= 4 is 36.2 Å². The van der Waals surface area contributed by atoms with Gasteiger partial charge in [-0.05, 0) is 36.8 Å². The summed E-state index contributed by atoms with van der Waals surface area (Å²) in [6, 6.07) is 10.8. The number of rotatable bonds is 10. The van der Waals surface area contributed by atoms with Crippen molar-refractivity contribution in [3.8, 4) is 11.5 Å². The van der Waals surface area contributed by atoms with E-state index in [9.17, 15) is 40.2 Å². The monoisotopic (exact) mass is 1060 g/mol. The molecular formula is C24H64CdCu2N4O26+6. The zero-order chi connectivity index (χ0) is 27.1. The minimum absolute atomic E-state index is 0. The fraction of sp³-hybridized carbons (Fsp3) is 0.250. The minimum atomic E-state index is -1.43. The zero-order valence-corrected chi connectivity index (χ0v) is 36.1. The van der Waals surface area contributed by atoms with Crippen LogP contribution in [-0.4, -0.2) is 127 Å². The molecule has 2 radical (unpaired) electrons. The molecule has 0 aliphatic carbocycles. The predicted molar refractivity (Wildman–Crippen MR) is 193 cm³/mol. The van der Waals surface area contributed by atoms with Crippen LogP contribution in [0.5, 0.6) is 11.5 Å². The Hall–Kier alpha value is -3.50. The third-order valence-electron chi connectivity index (χ3n) is 4.16. The standard InChI is InChI=1S/2C12H14N2O4.Cd.2Cu.18H2O/c2*1-8(12(18)14-7-11(16)17)13-6-9-4-2-3-5-10(9)15;;;;;;;;;;;;;;;;;;;;;/h2*2-6,8,15H,7H2,1H3,(H,14,18)(H,16,17);;;;18*1H2/q;;3*+2;;;;;;;;;;;;;;;;;;/t2*8-;;;;;;;;;;;;;;;;;;;;;/m10...................../s1. The fourth-order valence-corrected chi connectivity index (χ4v) is 2.24. The predicted octanol–water partition coefficient (Wildman–Crippen LogP) is -19.3. The normalized spacial score (nSPS) is 8.67. The second-order valence-corrected chi connectivity index (χ2v) is 7.04. The minimum Gasteiger partial charge on any atom is -0.872 e. The van der Waals surface area contributed by atoms with Gasteiger partial charge in [-0.2, -0.15) is 0 Å². The molecular weight excluding hydrogens is 1000 g/mol. The van der Waals surface area contributed by atoms with Crippen molar-refractivity contribution in [2.45, 2.75) is 25.9 Å².